The second-order valence-electron chi connectivity index (χ2n) is 4.05. The molecule has 20 heavy (non-hydrogen) atoms. The van der Waals surface area contributed by atoms with Gasteiger partial charge in [-0.2, -0.15) is 0 Å². The van der Waals surface area contributed by atoms with Crippen LogP contribution in [-0.2, 0) is 0 Å². The summed E-state index contributed by atoms with van der Waals surface area (Å²) in [5, 5.41) is 12.5. The lowest BCUT2D eigenvalue weighted by molar-refractivity contribution is 0.318. The first-order valence-corrected chi connectivity index (χ1v) is 6.41. The van der Waals surface area contributed by atoms with E-state index in [0.29, 0.717) is 21.4 Å². The van der Waals surface area contributed by atoms with Crippen molar-refractivity contribution in [2.24, 2.45) is 10.9 Å². The van der Waals surface area contributed by atoms with E-state index in [1.807, 2.05) is 24.1 Å². The summed E-state index contributed by atoms with van der Waals surface area (Å²) in [6.07, 6.45) is 1.53. The van der Waals surface area contributed by atoms with Gasteiger partial charge in [0.25, 0.3) is 0 Å². The average Bonchev–Trinajstić information content (AvgIpc) is 2.46. The van der Waals surface area contributed by atoms with Gasteiger partial charge in [-0.25, -0.2) is 4.98 Å². The third-order valence-corrected chi connectivity index (χ3v) is 3.25. The Morgan fingerprint density at radius 3 is 2.50 bits per heavy atom. The lowest BCUT2D eigenvalue weighted by atomic mass is 10.2. The molecule has 0 aliphatic heterocycles. The fourth-order valence-corrected chi connectivity index (χ4v) is 2.20. The third-order valence-electron chi connectivity index (χ3n) is 2.76. The molecule has 0 amide bonds. The van der Waals surface area contributed by atoms with Gasteiger partial charge in [0.05, 0.1) is 10.0 Å². The highest BCUT2D eigenvalue weighted by atomic mass is 35.5. The van der Waals surface area contributed by atoms with Crippen LogP contribution < -0.4 is 10.6 Å². The third kappa shape index (κ3) is 2.95. The monoisotopic (exact) mass is 310 g/mol. The van der Waals surface area contributed by atoms with E-state index in [2.05, 4.69) is 10.1 Å². The maximum absolute atomic E-state index is 8.62. The van der Waals surface area contributed by atoms with Crippen molar-refractivity contribution in [2.45, 2.75) is 0 Å². The minimum atomic E-state index is 0.0573. The summed E-state index contributed by atoms with van der Waals surface area (Å²) in [6, 6.07) is 8.75. The smallest absolute Gasteiger partial charge is 0.170 e. The zero-order valence-electron chi connectivity index (χ0n) is 10.6. The Morgan fingerprint density at radius 1 is 1.30 bits per heavy atom. The van der Waals surface area contributed by atoms with Gasteiger partial charge < -0.3 is 15.8 Å². The summed E-state index contributed by atoms with van der Waals surface area (Å²) < 4.78 is 0. The second kappa shape index (κ2) is 5.98. The van der Waals surface area contributed by atoms with Crippen molar-refractivity contribution in [2.75, 3.05) is 11.9 Å². The van der Waals surface area contributed by atoms with Gasteiger partial charge in [0, 0.05) is 24.5 Å². The highest BCUT2D eigenvalue weighted by Gasteiger charge is 2.10. The molecule has 3 N–H and O–H groups in total. The van der Waals surface area contributed by atoms with Gasteiger partial charge in [-0.1, -0.05) is 28.4 Å². The van der Waals surface area contributed by atoms with Gasteiger partial charge in [0.2, 0.25) is 0 Å². The Balaban J connectivity index is 2.31. The van der Waals surface area contributed by atoms with Crippen LogP contribution in [-0.4, -0.2) is 23.1 Å². The number of pyridine rings is 1. The molecule has 0 unspecified atom stereocenters. The molecule has 5 nitrogen and oxygen atoms in total. The first kappa shape index (κ1) is 14.4. The Morgan fingerprint density at radius 2 is 1.95 bits per heavy atom. The van der Waals surface area contributed by atoms with Crippen molar-refractivity contribution in [3.8, 4) is 0 Å². The summed E-state index contributed by atoms with van der Waals surface area (Å²) in [5.41, 5.74) is 6.99. The average molecular weight is 311 g/mol. The largest absolute Gasteiger partial charge is 0.409 e. The van der Waals surface area contributed by atoms with E-state index in [4.69, 9.17) is 34.1 Å². The SMILES string of the molecule is CN(c1ccc(C(N)=NO)cc1)c1ncc(Cl)cc1Cl. The van der Waals surface area contributed by atoms with Gasteiger partial charge in [-0.3, -0.25) is 0 Å². The van der Waals surface area contributed by atoms with Crippen molar-refractivity contribution in [3.63, 3.8) is 0 Å². The van der Waals surface area contributed by atoms with Gasteiger partial charge in [-0.15, -0.1) is 0 Å². The molecule has 1 aromatic carbocycles. The van der Waals surface area contributed by atoms with E-state index in [1.54, 1.807) is 18.2 Å². The molecule has 104 valence electrons. The summed E-state index contributed by atoms with van der Waals surface area (Å²) in [6.45, 7) is 0. The number of nitrogens with two attached hydrogens (primary N) is 1. The Kier molecular flexibility index (Phi) is 4.32. The van der Waals surface area contributed by atoms with Gasteiger partial charge in [0.15, 0.2) is 11.7 Å². The van der Waals surface area contributed by atoms with Gasteiger partial charge in [0.1, 0.15) is 0 Å². The number of rotatable bonds is 3. The molecule has 2 aromatic rings. The molecule has 1 aromatic heterocycles. The Bertz CT molecular complexity index is 643. The number of hydrogen-bond acceptors (Lipinski definition) is 4. The van der Waals surface area contributed by atoms with Crippen molar-refractivity contribution >= 4 is 40.5 Å². The van der Waals surface area contributed by atoms with Crippen molar-refractivity contribution < 1.29 is 5.21 Å². The number of halogens is 2. The molecular formula is C13H12Cl2N4O. The van der Waals surface area contributed by atoms with Crippen LogP contribution in [0.25, 0.3) is 0 Å². The summed E-state index contributed by atoms with van der Waals surface area (Å²) in [5.74, 6) is 0.648. The molecule has 0 radical (unpaired) electrons. The maximum atomic E-state index is 8.62. The summed E-state index contributed by atoms with van der Waals surface area (Å²) in [4.78, 5) is 6.02. The fraction of sp³-hybridized carbons (Fsp3) is 0.0769. The quantitative estimate of drug-likeness (QED) is 0.395. The van der Waals surface area contributed by atoms with Crippen molar-refractivity contribution in [1.82, 2.24) is 4.98 Å². The molecule has 0 bridgehead atoms. The van der Waals surface area contributed by atoms with Crippen LogP contribution >= 0.6 is 23.2 Å². The molecule has 0 aliphatic carbocycles. The normalized spacial score (nSPS) is 11.4. The molecule has 7 heteroatoms. The second-order valence-corrected chi connectivity index (χ2v) is 4.89. The van der Waals surface area contributed by atoms with Crippen LogP contribution in [0.4, 0.5) is 11.5 Å². The molecule has 2 rings (SSSR count). The van der Waals surface area contributed by atoms with E-state index in [9.17, 15) is 0 Å². The first-order valence-electron chi connectivity index (χ1n) is 5.65. The summed E-state index contributed by atoms with van der Waals surface area (Å²) >= 11 is 11.9. The number of anilines is 2. The molecule has 0 aliphatic rings. The first-order chi connectivity index (χ1) is 9.52. The number of nitrogens with zero attached hydrogens (tertiary/aromatic N) is 3. The number of amidine groups is 1. The number of aromatic nitrogens is 1. The number of benzene rings is 1. The van der Waals surface area contributed by atoms with Crippen LogP contribution in [0.5, 0.6) is 0 Å². The minimum Gasteiger partial charge on any atom is -0.409 e. The van der Waals surface area contributed by atoms with Crippen LogP contribution in [0.2, 0.25) is 10.0 Å². The zero-order valence-corrected chi connectivity index (χ0v) is 12.1. The van der Waals surface area contributed by atoms with Crippen molar-refractivity contribution in [1.29, 1.82) is 0 Å². The molecule has 0 saturated heterocycles. The zero-order chi connectivity index (χ0) is 14.7. The van der Waals surface area contributed by atoms with Gasteiger partial charge in [-0.05, 0) is 30.3 Å². The number of hydrogen-bond donors (Lipinski definition) is 2. The van der Waals surface area contributed by atoms with Gasteiger partial charge >= 0.3 is 0 Å². The predicted molar refractivity (Wildman–Crippen MR) is 81.3 cm³/mol. The summed E-state index contributed by atoms with van der Waals surface area (Å²) in [7, 11) is 1.83. The molecular weight excluding hydrogens is 299 g/mol. The molecule has 0 atom stereocenters. The molecule has 0 saturated carbocycles. The number of oxime groups is 1. The standard InChI is InChI=1S/C13H12Cl2N4O/c1-19(13-11(15)6-9(14)7-17-13)10-4-2-8(3-5-10)12(16)18-20/h2-7,20H,1H3,(H2,16,18). The molecule has 0 fully saturated rings. The van der Waals surface area contributed by atoms with E-state index in [1.165, 1.54) is 6.20 Å². The van der Waals surface area contributed by atoms with E-state index in [-0.39, 0.29) is 5.84 Å². The van der Waals surface area contributed by atoms with Crippen LogP contribution in [0.1, 0.15) is 5.56 Å². The van der Waals surface area contributed by atoms with E-state index in [0.717, 1.165) is 5.69 Å². The lowest BCUT2D eigenvalue weighted by Gasteiger charge is -2.19. The lowest BCUT2D eigenvalue weighted by Crippen LogP contribution is -2.14. The van der Waals surface area contributed by atoms with E-state index >= 15 is 0 Å². The predicted octanol–water partition coefficient (Wildman–Crippen LogP) is 3.25. The Labute approximate surface area is 126 Å². The topological polar surface area (TPSA) is 74.7 Å². The van der Waals surface area contributed by atoms with Crippen LogP contribution in [0.3, 0.4) is 0 Å². The van der Waals surface area contributed by atoms with Crippen LogP contribution in [0, 0.1) is 0 Å². The minimum absolute atomic E-state index is 0.0573. The highest BCUT2D eigenvalue weighted by molar-refractivity contribution is 6.36. The fourth-order valence-electron chi connectivity index (χ4n) is 1.69. The molecule has 1 heterocycles. The maximum Gasteiger partial charge on any atom is 0.170 e. The molecule has 0 spiro atoms. The van der Waals surface area contributed by atoms with Crippen molar-refractivity contribution in [3.05, 3.63) is 52.1 Å². The Hall–Kier alpha value is -1.98. The highest BCUT2D eigenvalue weighted by Crippen LogP contribution is 2.30. The van der Waals surface area contributed by atoms with E-state index < -0.39 is 0 Å². The van der Waals surface area contributed by atoms with Crippen LogP contribution in [0.15, 0.2) is 41.7 Å².